The maximum Gasteiger partial charge on any atom is 0.274 e. The summed E-state index contributed by atoms with van der Waals surface area (Å²) < 4.78 is 1.91. The van der Waals surface area contributed by atoms with E-state index in [1.54, 1.807) is 17.5 Å². The number of nitrogens with one attached hydrogen (secondary N) is 1. The van der Waals surface area contributed by atoms with E-state index in [-0.39, 0.29) is 17.9 Å². The lowest BCUT2D eigenvalue weighted by Crippen LogP contribution is -2.56. The molecule has 0 radical (unpaired) electrons. The van der Waals surface area contributed by atoms with Gasteiger partial charge in [-0.05, 0) is 32.8 Å². The third kappa shape index (κ3) is 3.61. The van der Waals surface area contributed by atoms with Crippen LogP contribution in [0.4, 0.5) is 0 Å². The second-order valence-corrected chi connectivity index (χ2v) is 10.2. The first-order valence-electron chi connectivity index (χ1n) is 10.5. The number of thiazole rings is 2. The molecule has 1 fully saturated rings. The van der Waals surface area contributed by atoms with Gasteiger partial charge in [-0.3, -0.25) is 14.0 Å². The minimum Gasteiger partial charge on any atom is -0.349 e. The Bertz CT molecular complexity index is 1340. The van der Waals surface area contributed by atoms with Gasteiger partial charge in [0.1, 0.15) is 10.6 Å². The Labute approximate surface area is 193 Å². The van der Waals surface area contributed by atoms with Crippen molar-refractivity contribution in [3.05, 3.63) is 63.5 Å². The normalized spacial score (nSPS) is 15.7. The van der Waals surface area contributed by atoms with Gasteiger partial charge in [-0.15, -0.1) is 11.3 Å². The SMILES string of the molecule is Cc1cccc(-c2sc(C)nc2C(=O)N2CC[C@H]2CNC(=O)c2sc3nccn3c2C)c1. The predicted octanol–water partition coefficient (Wildman–Crippen LogP) is 4.09. The number of carbonyl (C=O) groups is 2. The molecule has 0 spiro atoms. The number of rotatable bonds is 5. The van der Waals surface area contributed by atoms with E-state index >= 15 is 0 Å². The van der Waals surface area contributed by atoms with Crippen molar-refractivity contribution < 1.29 is 9.59 Å². The molecule has 2 amide bonds. The summed E-state index contributed by atoms with van der Waals surface area (Å²) in [6.07, 6.45) is 4.44. The van der Waals surface area contributed by atoms with Gasteiger partial charge in [0.25, 0.3) is 11.8 Å². The second kappa shape index (κ2) is 8.14. The van der Waals surface area contributed by atoms with E-state index in [4.69, 9.17) is 0 Å². The van der Waals surface area contributed by atoms with Crippen molar-refractivity contribution in [2.24, 2.45) is 0 Å². The van der Waals surface area contributed by atoms with Crippen molar-refractivity contribution >= 4 is 39.4 Å². The van der Waals surface area contributed by atoms with E-state index in [1.807, 2.05) is 54.5 Å². The average Bonchev–Trinajstić information content (AvgIpc) is 3.43. The van der Waals surface area contributed by atoms with Crippen LogP contribution in [0.1, 0.15) is 42.8 Å². The highest BCUT2D eigenvalue weighted by atomic mass is 32.1. The first-order chi connectivity index (χ1) is 15.4. The molecular weight excluding hydrogens is 442 g/mol. The second-order valence-electron chi connectivity index (χ2n) is 8.03. The molecule has 164 valence electrons. The highest BCUT2D eigenvalue weighted by Crippen LogP contribution is 2.33. The fraction of sp³-hybridized carbons (Fsp3) is 0.304. The number of nitrogens with zero attached hydrogens (tertiary/aromatic N) is 4. The zero-order chi connectivity index (χ0) is 22.4. The highest BCUT2D eigenvalue weighted by molar-refractivity contribution is 7.19. The maximum atomic E-state index is 13.3. The molecule has 9 heteroatoms. The summed E-state index contributed by atoms with van der Waals surface area (Å²) in [5.41, 5.74) is 3.54. The number of imidazole rings is 1. The molecule has 1 saturated heterocycles. The van der Waals surface area contributed by atoms with Gasteiger partial charge in [0, 0.05) is 31.2 Å². The summed E-state index contributed by atoms with van der Waals surface area (Å²) in [6.45, 7) is 6.98. The van der Waals surface area contributed by atoms with Gasteiger partial charge in [-0.1, -0.05) is 41.2 Å². The number of fused-ring (bicyclic) bond motifs is 1. The monoisotopic (exact) mass is 465 g/mol. The van der Waals surface area contributed by atoms with Crippen molar-refractivity contribution in [1.29, 1.82) is 0 Å². The van der Waals surface area contributed by atoms with E-state index < -0.39 is 0 Å². The smallest absolute Gasteiger partial charge is 0.274 e. The fourth-order valence-corrected chi connectivity index (χ4v) is 5.92. The maximum absolute atomic E-state index is 13.3. The molecule has 7 nitrogen and oxygen atoms in total. The largest absolute Gasteiger partial charge is 0.349 e. The molecule has 5 rings (SSSR count). The number of likely N-dealkylation sites (tertiary alicyclic amines) is 1. The van der Waals surface area contributed by atoms with Crippen LogP contribution in [0.2, 0.25) is 0 Å². The van der Waals surface area contributed by atoms with E-state index in [2.05, 4.69) is 21.4 Å². The van der Waals surface area contributed by atoms with Crippen LogP contribution in [0.5, 0.6) is 0 Å². The van der Waals surface area contributed by atoms with Gasteiger partial charge in [0.15, 0.2) is 4.96 Å². The highest BCUT2D eigenvalue weighted by Gasteiger charge is 2.35. The Morgan fingerprint density at radius 1 is 1.22 bits per heavy atom. The molecule has 1 aliphatic rings. The number of hydrogen-bond acceptors (Lipinski definition) is 6. The Balaban J connectivity index is 1.29. The van der Waals surface area contributed by atoms with E-state index in [9.17, 15) is 9.59 Å². The van der Waals surface area contributed by atoms with Gasteiger partial charge in [-0.2, -0.15) is 0 Å². The summed E-state index contributed by atoms with van der Waals surface area (Å²) in [4.78, 5) is 39.1. The Morgan fingerprint density at radius 2 is 2.06 bits per heavy atom. The summed E-state index contributed by atoms with van der Waals surface area (Å²) in [5, 5.41) is 3.88. The summed E-state index contributed by atoms with van der Waals surface area (Å²) in [6, 6.07) is 8.12. The molecule has 1 atom stereocenters. The van der Waals surface area contributed by atoms with Crippen LogP contribution in [-0.4, -0.2) is 50.2 Å². The van der Waals surface area contributed by atoms with Gasteiger partial charge in [0.2, 0.25) is 0 Å². The van der Waals surface area contributed by atoms with Crippen molar-refractivity contribution in [1.82, 2.24) is 24.6 Å². The fourth-order valence-electron chi connectivity index (χ4n) is 4.01. The van der Waals surface area contributed by atoms with Crippen LogP contribution in [0.15, 0.2) is 36.7 Å². The topological polar surface area (TPSA) is 79.6 Å². The number of amides is 2. The number of aryl methyl sites for hydroxylation is 3. The minimum atomic E-state index is -0.123. The Morgan fingerprint density at radius 3 is 2.78 bits per heavy atom. The molecule has 0 aliphatic carbocycles. The quantitative estimate of drug-likeness (QED) is 0.482. The third-order valence-corrected chi connectivity index (χ3v) is 8.01. The van der Waals surface area contributed by atoms with Crippen molar-refractivity contribution in [3.8, 4) is 10.4 Å². The van der Waals surface area contributed by atoms with Crippen molar-refractivity contribution in [2.45, 2.75) is 33.2 Å². The van der Waals surface area contributed by atoms with Gasteiger partial charge >= 0.3 is 0 Å². The van der Waals surface area contributed by atoms with Crippen molar-refractivity contribution in [2.75, 3.05) is 13.1 Å². The average molecular weight is 466 g/mol. The number of benzene rings is 1. The van der Waals surface area contributed by atoms with Crippen LogP contribution >= 0.6 is 22.7 Å². The van der Waals surface area contributed by atoms with Crippen LogP contribution in [0.25, 0.3) is 15.4 Å². The first kappa shape index (κ1) is 20.8. The molecule has 4 heterocycles. The van der Waals surface area contributed by atoms with Gasteiger partial charge in [-0.25, -0.2) is 9.97 Å². The Hall–Kier alpha value is -3.04. The lowest BCUT2D eigenvalue weighted by Gasteiger charge is -2.40. The molecule has 0 bridgehead atoms. The third-order valence-electron chi connectivity index (χ3n) is 5.82. The molecule has 0 saturated carbocycles. The molecule has 1 aromatic carbocycles. The molecule has 1 N–H and O–H groups in total. The standard InChI is InChI=1S/C23H23N5O2S2/c1-13-5-4-6-16(11-13)20-18(26-15(3)31-20)22(30)28-9-7-17(28)12-25-21(29)19-14(2)27-10-8-24-23(27)32-19/h4-6,8,10-11,17H,7,9,12H2,1-3H3,(H,25,29)/t17-/m0/s1. The molecule has 1 aliphatic heterocycles. The summed E-state index contributed by atoms with van der Waals surface area (Å²) in [7, 11) is 0. The van der Waals surface area contributed by atoms with Crippen LogP contribution in [0.3, 0.4) is 0 Å². The number of hydrogen-bond donors (Lipinski definition) is 1. The predicted molar refractivity (Wildman–Crippen MR) is 127 cm³/mol. The van der Waals surface area contributed by atoms with Crippen LogP contribution < -0.4 is 5.32 Å². The molecule has 4 aromatic rings. The lowest BCUT2D eigenvalue weighted by atomic mass is 10.0. The summed E-state index contributed by atoms with van der Waals surface area (Å²) >= 11 is 2.92. The van der Waals surface area contributed by atoms with E-state index in [0.29, 0.717) is 23.7 Å². The number of carbonyl (C=O) groups excluding carboxylic acids is 2. The summed E-state index contributed by atoms with van der Waals surface area (Å²) in [5.74, 6) is -0.190. The van der Waals surface area contributed by atoms with E-state index in [1.165, 1.54) is 11.3 Å². The molecule has 3 aromatic heterocycles. The zero-order valence-electron chi connectivity index (χ0n) is 18.1. The lowest BCUT2D eigenvalue weighted by molar-refractivity contribution is 0.0451. The van der Waals surface area contributed by atoms with E-state index in [0.717, 1.165) is 38.1 Å². The molecule has 32 heavy (non-hydrogen) atoms. The zero-order valence-corrected chi connectivity index (χ0v) is 19.7. The Kier molecular flexibility index (Phi) is 5.30. The van der Waals surface area contributed by atoms with Crippen molar-refractivity contribution in [3.63, 3.8) is 0 Å². The van der Waals surface area contributed by atoms with Crippen LogP contribution in [0, 0.1) is 20.8 Å². The van der Waals surface area contributed by atoms with Gasteiger partial charge < -0.3 is 10.2 Å². The number of aromatic nitrogens is 3. The first-order valence-corrected chi connectivity index (χ1v) is 12.1. The minimum absolute atomic E-state index is 0.0248. The van der Waals surface area contributed by atoms with Gasteiger partial charge in [0.05, 0.1) is 15.9 Å². The molecular formula is C23H23N5O2S2. The molecule has 0 unspecified atom stereocenters. The van der Waals surface area contributed by atoms with Crippen LogP contribution in [-0.2, 0) is 0 Å².